The van der Waals surface area contributed by atoms with Gasteiger partial charge >= 0.3 is 5.69 Å². The third-order valence-corrected chi connectivity index (χ3v) is 2.25. The molecule has 96 valence electrons. The minimum atomic E-state index is -0.929. The maximum Gasteiger partial charge on any atom is 0.330 e. The van der Waals surface area contributed by atoms with E-state index >= 15 is 0 Å². The molecule has 0 bridgehead atoms. The van der Waals surface area contributed by atoms with Gasteiger partial charge in [-0.2, -0.15) is 0 Å². The molecule has 1 N–H and O–H groups in total. The summed E-state index contributed by atoms with van der Waals surface area (Å²) in [5, 5.41) is 24.7. The molecular weight excluding hydrogens is 224 g/mol. The third kappa shape index (κ3) is 3.42. The topological polar surface area (TPSA) is 84.4 Å². The van der Waals surface area contributed by atoms with Crippen LogP contribution in [0.2, 0.25) is 0 Å². The minimum absolute atomic E-state index is 0.0430. The molecule has 0 aromatic carbocycles. The largest absolute Gasteiger partial charge is 0.389 e. The van der Waals surface area contributed by atoms with Gasteiger partial charge < -0.3 is 10.0 Å². The molecule has 1 heterocycles. The van der Waals surface area contributed by atoms with Gasteiger partial charge in [0.15, 0.2) is 0 Å². The number of likely N-dealkylation sites (N-methyl/N-ethyl adjacent to an activating group) is 1. The van der Waals surface area contributed by atoms with E-state index in [2.05, 4.69) is 5.10 Å². The average molecular weight is 242 g/mol. The highest BCUT2D eigenvalue weighted by Gasteiger charge is 2.26. The van der Waals surface area contributed by atoms with Crippen molar-refractivity contribution in [1.29, 1.82) is 0 Å². The number of hydrogen-bond acceptors (Lipinski definition) is 5. The van der Waals surface area contributed by atoms with E-state index in [0.717, 1.165) is 0 Å². The number of aromatic nitrogens is 2. The van der Waals surface area contributed by atoms with Crippen molar-refractivity contribution in [2.24, 2.45) is 7.05 Å². The van der Waals surface area contributed by atoms with Crippen molar-refractivity contribution in [3.05, 3.63) is 16.3 Å². The molecule has 0 aliphatic heterocycles. The quantitative estimate of drug-likeness (QED) is 0.613. The molecule has 1 aromatic heterocycles. The molecule has 0 saturated heterocycles. The number of hydrogen-bond donors (Lipinski definition) is 1. The Morgan fingerprint density at radius 3 is 2.65 bits per heavy atom. The normalized spacial score (nSPS) is 11.6. The van der Waals surface area contributed by atoms with Crippen LogP contribution in [0, 0.1) is 10.1 Å². The van der Waals surface area contributed by atoms with Gasteiger partial charge in [0.05, 0.1) is 10.5 Å². The second-order valence-electron chi connectivity index (χ2n) is 4.60. The highest BCUT2D eigenvalue weighted by Crippen LogP contribution is 2.26. The van der Waals surface area contributed by atoms with Crippen LogP contribution >= 0.6 is 0 Å². The van der Waals surface area contributed by atoms with E-state index in [0.29, 0.717) is 18.9 Å². The molecule has 0 aliphatic rings. The maximum atomic E-state index is 10.9. The fourth-order valence-electron chi connectivity index (χ4n) is 1.62. The van der Waals surface area contributed by atoms with Crippen LogP contribution in [0.5, 0.6) is 0 Å². The van der Waals surface area contributed by atoms with Gasteiger partial charge in [0.1, 0.15) is 6.20 Å². The summed E-state index contributed by atoms with van der Waals surface area (Å²) in [4.78, 5) is 12.1. The third-order valence-electron chi connectivity index (χ3n) is 2.25. The van der Waals surface area contributed by atoms with Crippen LogP contribution in [-0.2, 0) is 7.05 Å². The van der Waals surface area contributed by atoms with E-state index < -0.39 is 10.5 Å². The van der Waals surface area contributed by atoms with E-state index in [1.807, 2.05) is 6.92 Å². The average Bonchev–Trinajstić information content (AvgIpc) is 2.55. The molecule has 7 nitrogen and oxygen atoms in total. The Kier molecular flexibility index (Phi) is 3.72. The van der Waals surface area contributed by atoms with Crippen molar-refractivity contribution < 1.29 is 10.0 Å². The molecule has 0 spiro atoms. The van der Waals surface area contributed by atoms with Crippen molar-refractivity contribution in [2.45, 2.75) is 26.4 Å². The lowest BCUT2D eigenvalue weighted by atomic mass is 10.1. The lowest BCUT2D eigenvalue weighted by Gasteiger charge is -2.27. The summed E-state index contributed by atoms with van der Waals surface area (Å²) in [6.45, 7) is 6.02. The molecule has 0 atom stereocenters. The first-order valence-corrected chi connectivity index (χ1v) is 5.40. The summed E-state index contributed by atoms with van der Waals surface area (Å²) in [5.41, 5.74) is -0.972. The van der Waals surface area contributed by atoms with Crippen LogP contribution < -0.4 is 4.90 Å². The van der Waals surface area contributed by atoms with Gasteiger partial charge in [-0.25, -0.2) is 0 Å². The zero-order valence-electron chi connectivity index (χ0n) is 10.5. The van der Waals surface area contributed by atoms with Crippen molar-refractivity contribution in [1.82, 2.24) is 9.78 Å². The lowest BCUT2D eigenvalue weighted by Crippen LogP contribution is -2.39. The Balaban J connectivity index is 3.07. The van der Waals surface area contributed by atoms with E-state index in [4.69, 9.17) is 0 Å². The summed E-state index contributed by atoms with van der Waals surface area (Å²) in [6, 6.07) is 0. The Morgan fingerprint density at radius 1 is 1.65 bits per heavy atom. The summed E-state index contributed by atoms with van der Waals surface area (Å²) in [5.74, 6) is 0.294. The molecular formula is C10H18N4O3. The van der Waals surface area contributed by atoms with E-state index in [9.17, 15) is 15.2 Å². The van der Waals surface area contributed by atoms with Gasteiger partial charge in [0.25, 0.3) is 0 Å². The highest BCUT2D eigenvalue weighted by molar-refractivity contribution is 5.56. The predicted octanol–water partition coefficient (Wildman–Crippen LogP) is 0.925. The Hall–Kier alpha value is -1.63. The predicted molar refractivity (Wildman–Crippen MR) is 64.0 cm³/mol. The van der Waals surface area contributed by atoms with Gasteiger partial charge in [-0.05, 0) is 20.8 Å². The SMILES string of the molecule is CCN(CC(C)(C)O)c1nn(C)cc1[N+](=O)[O-]. The van der Waals surface area contributed by atoms with Crippen LogP contribution in [0.3, 0.4) is 0 Å². The maximum absolute atomic E-state index is 10.9. The Bertz CT molecular complexity index is 408. The summed E-state index contributed by atoms with van der Waals surface area (Å²) >= 11 is 0. The smallest absolute Gasteiger partial charge is 0.330 e. The van der Waals surface area contributed by atoms with Gasteiger partial charge in [0, 0.05) is 20.1 Å². The summed E-state index contributed by atoms with van der Waals surface area (Å²) in [6.07, 6.45) is 1.36. The first-order chi connectivity index (χ1) is 7.74. The standard InChI is InChI=1S/C10H18N4O3/c1-5-13(7-10(2,3)15)9-8(14(16)17)6-12(4)11-9/h6,15H,5,7H2,1-4H3. The molecule has 1 aromatic rings. The molecule has 0 aliphatic carbocycles. The van der Waals surface area contributed by atoms with Crippen molar-refractivity contribution >= 4 is 11.5 Å². The highest BCUT2D eigenvalue weighted by atomic mass is 16.6. The molecule has 0 amide bonds. The van der Waals surface area contributed by atoms with Crippen LogP contribution in [-0.4, -0.2) is 38.5 Å². The fraction of sp³-hybridized carbons (Fsp3) is 0.700. The second-order valence-corrected chi connectivity index (χ2v) is 4.60. The van der Waals surface area contributed by atoms with Crippen LogP contribution in [0.25, 0.3) is 0 Å². The zero-order chi connectivity index (χ0) is 13.2. The van der Waals surface area contributed by atoms with Crippen LogP contribution in [0.4, 0.5) is 11.5 Å². The molecule has 0 saturated carbocycles. The van der Waals surface area contributed by atoms with Gasteiger partial charge in [-0.15, -0.1) is 5.10 Å². The van der Waals surface area contributed by atoms with Gasteiger partial charge in [0.2, 0.25) is 5.82 Å². The number of aryl methyl sites for hydroxylation is 1. The van der Waals surface area contributed by atoms with Crippen molar-refractivity contribution in [3.63, 3.8) is 0 Å². The van der Waals surface area contributed by atoms with Crippen LogP contribution in [0.1, 0.15) is 20.8 Å². The Morgan fingerprint density at radius 2 is 2.24 bits per heavy atom. The van der Waals surface area contributed by atoms with E-state index in [1.54, 1.807) is 25.8 Å². The van der Waals surface area contributed by atoms with Gasteiger partial charge in [-0.1, -0.05) is 0 Å². The number of rotatable bonds is 5. The molecule has 17 heavy (non-hydrogen) atoms. The van der Waals surface area contributed by atoms with Crippen molar-refractivity contribution in [3.8, 4) is 0 Å². The summed E-state index contributed by atoms with van der Waals surface area (Å²) in [7, 11) is 1.63. The summed E-state index contributed by atoms with van der Waals surface area (Å²) < 4.78 is 1.40. The second kappa shape index (κ2) is 4.70. The van der Waals surface area contributed by atoms with E-state index in [-0.39, 0.29) is 5.69 Å². The first kappa shape index (κ1) is 13.4. The van der Waals surface area contributed by atoms with E-state index in [1.165, 1.54) is 10.9 Å². The van der Waals surface area contributed by atoms with Gasteiger partial charge in [-0.3, -0.25) is 14.8 Å². The zero-order valence-corrected chi connectivity index (χ0v) is 10.5. The Labute approximate surface area is 99.8 Å². The first-order valence-electron chi connectivity index (χ1n) is 5.40. The van der Waals surface area contributed by atoms with Crippen molar-refractivity contribution in [2.75, 3.05) is 18.0 Å². The number of aliphatic hydroxyl groups is 1. The number of nitrogens with zero attached hydrogens (tertiary/aromatic N) is 4. The molecule has 0 radical (unpaired) electrons. The minimum Gasteiger partial charge on any atom is -0.389 e. The fourth-order valence-corrected chi connectivity index (χ4v) is 1.62. The monoisotopic (exact) mass is 242 g/mol. The lowest BCUT2D eigenvalue weighted by molar-refractivity contribution is -0.384. The number of nitro groups is 1. The molecule has 1 rings (SSSR count). The van der Waals surface area contributed by atoms with Crippen LogP contribution in [0.15, 0.2) is 6.20 Å². The molecule has 7 heteroatoms. The number of anilines is 1. The molecule has 0 unspecified atom stereocenters. The molecule has 0 fully saturated rings.